The highest BCUT2D eigenvalue weighted by molar-refractivity contribution is 14.1. The Bertz CT molecular complexity index is 5820. The van der Waals surface area contributed by atoms with Crippen LogP contribution in [0.4, 0.5) is 45.3 Å². The number of nitrogen functional groups attached to an aromatic ring is 1. The average molecular weight is 1950 g/mol. The maximum absolute atomic E-state index is 12.4. The van der Waals surface area contributed by atoms with Crippen LogP contribution in [0.1, 0.15) is 103 Å². The first-order valence-electron chi connectivity index (χ1n) is 38.0. The molecule has 1 saturated heterocycles. The Hall–Kier alpha value is -10.8. The van der Waals surface area contributed by atoms with Gasteiger partial charge in [-0.1, -0.05) is 64.4 Å². The molecule has 38 nitrogen and oxygen atoms in total. The van der Waals surface area contributed by atoms with E-state index in [1.54, 1.807) is 84.1 Å². The molecule has 44 heteroatoms. The standard InChI is InChI=1S/C21H20N6O.C18H25BN2O4.C13H14ClN5O.C7H4BrClN2.C6H9N3O3.C6H11N3O.C4H5N3O2.C2H5IO.C2H6O.CH4.ClH/c1-14-9-20(25-27(14)7-8-28)24-19-11-17(13-26-6-5-22-21(19)26)16-10-15-3-2-4-18(15)23-12-16;1-16(2,3)23-15(22)21-9-8-13-14(21)10-12(11-20-13)19-24-17(4,5)18(6,7)25-19;1-9-6-12(17-19(9)4-5-20)16-11-7-10(14)8-18-3-2-15-13(11)18;8-6-3-5(9)4-11-2-1-10-7(6)11;1-5-4-6(9(11)12)7-8(5)2-3-10;1-5-4-6(7)8-9(5)2-3-10;1-3-2-4(6-5-3)7(8)9;3-1-2-4;1-2-3;;/h2,4-6,9-13,28H,3,7-8H2,1H3,(H,24,25);8-11H,1-7H3;2-3,6-8,20H,4-5H2,1H3,(H,16,17);1-4H;4,10H,2-3H2,1H3;4,10H,2-3H2,1H3,(H2,7,8);2H,1H3,(H,5,6);4H,1-2H2;3H,2H2,1H3;1H4;1H. The van der Waals surface area contributed by atoms with Gasteiger partial charge in [-0.25, -0.2) is 19.7 Å². The highest BCUT2D eigenvalue weighted by atomic mass is 127. The van der Waals surface area contributed by atoms with Gasteiger partial charge in [0.05, 0.1) is 142 Å². The first-order valence-corrected chi connectivity index (χ1v) is 41.1. The number of aromatic amines is 1. The molecule has 2 aliphatic rings. The van der Waals surface area contributed by atoms with Crippen molar-refractivity contribution in [2.24, 2.45) is 0 Å². The summed E-state index contributed by atoms with van der Waals surface area (Å²) in [5.41, 5.74) is 18.9. The predicted molar refractivity (Wildman–Crippen MR) is 493 cm³/mol. The summed E-state index contributed by atoms with van der Waals surface area (Å²) in [5.74, 6) is 1.69. The number of aliphatic hydroxyl groups excluding tert-OH is 6. The second kappa shape index (κ2) is 47.3. The molecule has 0 aromatic carbocycles. The van der Waals surface area contributed by atoms with Gasteiger partial charge in [0.15, 0.2) is 28.6 Å². The molecular formula is C80H104BBrCl3IN24O14. The van der Waals surface area contributed by atoms with Crippen molar-refractivity contribution in [1.82, 2.24) is 92.0 Å². The van der Waals surface area contributed by atoms with Crippen LogP contribution in [0.3, 0.4) is 0 Å². The molecule has 16 rings (SSSR count). The van der Waals surface area contributed by atoms with E-state index in [0.717, 1.165) is 88.8 Å². The Labute approximate surface area is 753 Å². The zero-order chi connectivity index (χ0) is 89.3. The molecule has 14 aromatic rings. The van der Waals surface area contributed by atoms with E-state index in [0.29, 0.717) is 76.9 Å². The minimum atomic E-state index is -0.565. The summed E-state index contributed by atoms with van der Waals surface area (Å²) < 4.78 is 33.1. The number of imidazole rings is 3. The molecule has 15 heterocycles. The summed E-state index contributed by atoms with van der Waals surface area (Å²) in [7, 11) is -0.524. The fourth-order valence-corrected chi connectivity index (χ4v) is 12.7. The number of aryl methyl sites for hydroxylation is 5. The highest BCUT2D eigenvalue weighted by Gasteiger charge is 2.52. The molecule has 666 valence electrons. The number of alkyl halides is 1. The lowest BCUT2D eigenvalue weighted by molar-refractivity contribution is -0.389. The second-order valence-corrected chi connectivity index (χ2v) is 31.7. The number of nitro groups is 2. The number of carbonyl (C=O) groups excluding carboxylic acids is 1. The highest BCUT2D eigenvalue weighted by Crippen LogP contribution is 2.37. The van der Waals surface area contributed by atoms with Crippen LogP contribution >= 0.6 is 74.1 Å². The van der Waals surface area contributed by atoms with Gasteiger partial charge < -0.3 is 94.5 Å². The quantitative estimate of drug-likeness (QED) is 0.0133. The normalized spacial score (nSPS) is 12.4. The fraction of sp³-hybridized carbons (Fsp3) is 0.362. The van der Waals surface area contributed by atoms with Gasteiger partial charge in [0, 0.05) is 137 Å². The lowest BCUT2D eigenvalue weighted by atomic mass is 9.80. The molecule has 1 aliphatic carbocycles. The van der Waals surface area contributed by atoms with Crippen LogP contribution in [0.25, 0.3) is 45.2 Å². The monoisotopic (exact) mass is 1950 g/mol. The Morgan fingerprint density at radius 2 is 1.15 bits per heavy atom. The van der Waals surface area contributed by atoms with Crippen LogP contribution in [0.2, 0.25) is 10.0 Å². The van der Waals surface area contributed by atoms with E-state index in [1.165, 1.54) is 26.9 Å². The van der Waals surface area contributed by atoms with Gasteiger partial charge in [-0.2, -0.15) is 20.0 Å². The van der Waals surface area contributed by atoms with Crippen LogP contribution < -0.4 is 21.8 Å². The van der Waals surface area contributed by atoms with Crippen molar-refractivity contribution in [3.63, 3.8) is 0 Å². The third kappa shape index (κ3) is 28.4. The molecular weight excluding hydrogens is 1850 g/mol. The molecule has 1 fully saturated rings. The number of H-pyrrole nitrogens is 1. The minimum Gasteiger partial charge on any atom is -0.443 e. The van der Waals surface area contributed by atoms with E-state index in [9.17, 15) is 30.1 Å². The number of nitrogens with one attached hydrogen (secondary N) is 3. The third-order valence-corrected chi connectivity index (χ3v) is 19.3. The number of ether oxygens (including phenoxy) is 1. The minimum absolute atomic E-state index is 0. The van der Waals surface area contributed by atoms with E-state index in [-0.39, 0.29) is 64.5 Å². The Morgan fingerprint density at radius 3 is 1.62 bits per heavy atom. The summed E-state index contributed by atoms with van der Waals surface area (Å²) in [6, 6.07) is 20.0. The number of halogens is 5. The molecule has 14 aromatic heterocycles. The van der Waals surface area contributed by atoms with Crippen molar-refractivity contribution in [3.05, 3.63) is 222 Å². The number of aromatic nitrogens is 19. The van der Waals surface area contributed by atoms with Gasteiger partial charge in [-0.05, 0) is 170 Å². The Kier molecular flexibility index (Phi) is 38.9. The summed E-state index contributed by atoms with van der Waals surface area (Å²) >= 11 is 17.3. The number of rotatable bonds is 17. The van der Waals surface area contributed by atoms with Gasteiger partial charge in [-0.3, -0.25) is 28.6 Å². The van der Waals surface area contributed by atoms with Gasteiger partial charge in [0.2, 0.25) is 0 Å². The maximum Gasteiger partial charge on any atom is 0.496 e. The lowest BCUT2D eigenvalue weighted by Gasteiger charge is -2.32. The average Bonchev–Trinajstić information content (AvgIpc) is 1.61. The number of allylic oxidation sites excluding steroid dienone is 1. The number of pyridine rings is 5. The molecule has 0 saturated carbocycles. The zero-order valence-corrected chi connectivity index (χ0v) is 76.0. The van der Waals surface area contributed by atoms with E-state index in [1.807, 2.05) is 144 Å². The molecule has 124 heavy (non-hydrogen) atoms. The Morgan fingerprint density at radius 1 is 0.653 bits per heavy atom. The number of anilines is 5. The van der Waals surface area contributed by atoms with Gasteiger partial charge in [0.1, 0.15) is 11.4 Å². The van der Waals surface area contributed by atoms with Crippen LogP contribution in [-0.2, 0) is 46.6 Å². The topological polar surface area (TPSA) is 485 Å². The van der Waals surface area contributed by atoms with Crippen LogP contribution in [-0.4, -0.2) is 207 Å². The lowest BCUT2D eigenvalue weighted by Crippen LogP contribution is -2.41. The Balaban J connectivity index is 0.000000228. The number of nitrogens with zero attached hydrogens (tertiary/aromatic N) is 20. The number of carbonyl (C=O) groups is 1. The molecule has 0 unspecified atom stereocenters. The smallest absolute Gasteiger partial charge is 0.443 e. The van der Waals surface area contributed by atoms with Crippen molar-refractivity contribution >= 4 is 167 Å². The number of hydrogen-bond acceptors (Lipinski definition) is 27. The van der Waals surface area contributed by atoms with Crippen molar-refractivity contribution < 1.29 is 59.3 Å². The SMILES string of the molecule is C.CC(C)(C)OC(=O)n1ccc2ncc(B3OC(C)(C)C(C)(C)O3)cc21.CCO.Cc1cc(N)nn1CCO.Cc1cc(Nc2cc(-c3cnc4c(c3)CC=C4)cn3ccnc23)nn1CCO.Cc1cc(Nc2cc(Cl)cn3ccnc23)nn1CCO.Cc1cc([N+](=O)[O-])[nH]n1.Cc1cc([N+](=O)[O-])nn1CCO.Cl.Clc1cc(Br)c2nccn2c1.OCCI. The number of hydrogen-bond donors (Lipinski definition) is 10. The van der Waals surface area contributed by atoms with E-state index < -0.39 is 39.9 Å². The van der Waals surface area contributed by atoms with Gasteiger partial charge >= 0.3 is 24.8 Å². The summed E-state index contributed by atoms with van der Waals surface area (Å²) in [6.07, 6.45) is 26.5. The summed E-state index contributed by atoms with van der Waals surface area (Å²) in [6.45, 7) is 26.9. The van der Waals surface area contributed by atoms with Crippen molar-refractivity contribution in [2.75, 3.05) is 60.4 Å². The first-order chi connectivity index (χ1) is 58.0. The van der Waals surface area contributed by atoms with Crippen LogP contribution in [0, 0.1) is 54.8 Å². The first kappa shape index (κ1) is 102. The fourth-order valence-electron chi connectivity index (χ4n) is 11.5. The maximum atomic E-state index is 12.4. The molecule has 0 bridgehead atoms. The summed E-state index contributed by atoms with van der Waals surface area (Å²) in [4.78, 5) is 53.4. The van der Waals surface area contributed by atoms with Crippen LogP contribution in [0.5, 0.6) is 0 Å². The molecule has 0 radical (unpaired) electrons. The van der Waals surface area contributed by atoms with Gasteiger partial charge in [-0.15, -0.1) is 17.5 Å². The number of nitrogens with two attached hydrogens (primary N) is 1. The summed E-state index contributed by atoms with van der Waals surface area (Å²) in [5, 5.41) is 101. The number of aliphatic hydroxyl groups is 6. The number of fused-ring (bicyclic) bond motifs is 5. The second-order valence-electron chi connectivity index (χ2n) is 28.9. The van der Waals surface area contributed by atoms with E-state index in [4.69, 9.17) is 68.5 Å². The third-order valence-electron chi connectivity index (χ3n) is 17.8. The molecule has 0 atom stereocenters. The van der Waals surface area contributed by atoms with Crippen molar-refractivity contribution in [1.29, 1.82) is 0 Å². The molecule has 0 amide bonds. The van der Waals surface area contributed by atoms with Crippen molar-refractivity contribution in [3.8, 4) is 11.1 Å². The molecule has 11 N–H and O–H groups in total. The van der Waals surface area contributed by atoms with Crippen LogP contribution in [0.15, 0.2) is 152 Å². The predicted octanol–water partition coefficient (Wildman–Crippen LogP) is 13.3. The zero-order valence-electron chi connectivity index (χ0n) is 69.9. The molecule has 1 aliphatic heterocycles. The largest absolute Gasteiger partial charge is 0.496 e. The molecule has 0 spiro atoms. The van der Waals surface area contributed by atoms with Gasteiger partial charge in [0.25, 0.3) is 0 Å². The van der Waals surface area contributed by atoms with E-state index in [2.05, 4.69) is 135 Å². The van der Waals surface area contributed by atoms with E-state index >= 15 is 0 Å². The van der Waals surface area contributed by atoms with Crippen molar-refractivity contribution in [2.45, 2.75) is 147 Å².